The predicted octanol–water partition coefficient (Wildman–Crippen LogP) is 4.56. The average Bonchev–Trinajstić information content (AvgIpc) is 2.79. The molecule has 0 saturated carbocycles. The highest BCUT2D eigenvalue weighted by atomic mass is 16.6. The maximum Gasteiger partial charge on any atom is 0.409 e. The first kappa shape index (κ1) is 20.8. The molecule has 31 heavy (non-hydrogen) atoms. The molecule has 0 aliphatic carbocycles. The maximum absolute atomic E-state index is 13.2. The van der Waals surface area contributed by atoms with E-state index in [0.29, 0.717) is 38.1 Å². The highest BCUT2D eigenvalue weighted by Crippen LogP contribution is 2.25. The third-order valence-electron chi connectivity index (χ3n) is 5.66. The summed E-state index contributed by atoms with van der Waals surface area (Å²) in [5, 5.41) is 3.99. The highest BCUT2D eigenvalue weighted by molar-refractivity contribution is 6.07. The fourth-order valence-electron chi connectivity index (χ4n) is 3.92. The summed E-state index contributed by atoms with van der Waals surface area (Å²) < 4.78 is 5.07. The number of aromatic nitrogens is 1. The standard InChI is InChI=1S/C25H27N3O3/c1-3-31-25(30)28-14-12-19(13-15-28)26-24(29)21-16-23(18-10-8-17(2)9-11-18)27-22-7-5-4-6-20(21)22/h4-11,16,19H,3,12-15H2,1-2H3,(H,26,29). The Hall–Kier alpha value is -3.41. The van der Waals surface area contributed by atoms with Gasteiger partial charge in [0, 0.05) is 30.1 Å². The van der Waals surface area contributed by atoms with Crippen molar-refractivity contribution in [3.8, 4) is 11.3 Å². The summed E-state index contributed by atoms with van der Waals surface area (Å²) in [6.45, 7) is 5.37. The number of carbonyl (C=O) groups excluding carboxylic acids is 2. The lowest BCUT2D eigenvalue weighted by Crippen LogP contribution is -2.46. The molecule has 1 aliphatic rings. The summed E-state index contributed by atoms with van der Waals surface area (Å²) in [6, 6.07) is 17.8. The smallest absolute Gasteiger partial charge is 0.409 e. The van der Waals surface area contributed by atoms with Gasteiger partial charge in [-0.05, 0) is 38.8 Å². The number of para-hydroxylation sites is 1. The first-order valence-electron chi connectivity index (χ1n) is 10.7. The zero-order valence-corrected chi connectivity index (χ0v) is 17.9. The Morgan fingerprint density at radius 2 is 1.81 bits per heavy atom. The molecule has 6 heteroatoms. The molecular formula is C25H27N3O3. The molecular weight excluding hydrogens is 390 g/mol. The van der Waals surface area contributed by atoms with E-state index in [0.717, 1.165) is 22.2 Å². The van der Waals surface area contributed by atoms with E-state index >= 15 is 0 Å². The van der Waals surface area contributed by atoms with Gasteiger partial charge >= 0.3 is 6.09 Å². The van der Waals surface area contributed by atoms with Crippen LogP contribution in [0.3, 0.4) is 0 Å². The van der Waals surface area contributed by atoms with Crippen molar-refractivity contribution in [1.29, 1.82) is 0 Å². The number of benzene rings is 2. The summed E-state index contributed by atoms with van der Waals surface area (Å²) in [5.41, 5.74) is 4.35. The van der Waals surface area contributed by atoms with Crippen molar-refractivity contribution in [1.82, 2.24) is 15.2 Å². The number of aryl methyl sites for hydroxylation is 1. The van der Waals surface area contributed by atoms with E-state index in [1.807, 2.05) is 61.5 Å². The topological polar surface area (TPSA) is 71.5 Å². The van der Waals surface area contributed by atoms with Crippen LogP contribution in [0.2, 0.25) is 0 Å². The van der Waals surface area contributed by atoms with Crippen LogP contribution in [0.5, 0.6) is 0 Å². The molecule has 6 nitrogen and oxygen atoms in total. The minimum atomic E-state index is -0.282. The third kappa shape index (κ3) is 4.68. The highest BCUT2D eigenvalue weighted by Gasteiger charge is 2.25. The third-order valence-corrected chi connectivity index (χ3v) is 5.66. The van der Waals surface area contributed by atoms with Crippen molar-refractivity contribution < 1.29 is 14.3 Å². The Morgan fingerprint density at radius 1 is 1.10 bits per heavy atom. The van der Waals surface area contributed by atoms with E-state index < -0.39 is 0 Å². The first-order chi connectivity index (χ1) is 15.0. The number of likely N-dealkylation sites (tertiary alicyclic amines) is 1. The van der Waals surface area contributed by atoms with Crippen LogP contribution in [0.15, 0.2) is 54.6 Å². The lowest BCUT2D eigenvalue weighted by Gasteiger charge is -2.31. The van der Waals surface area contributed by atoms with Crippen molar-refractivity contribution in [2.24, 2.45) is 0 Å². The van der Waals surface area contributed by atoms with E-state index in [1.54, 1.807) is 11.8 Å². The molecule has 0 unspecified atom stereocenters. The number of pyridine rings is 1. The fourth-order valence-corrected chi connectivity index (χ4v) is 3.92. The molecule has 3 aromatic rings. The second-order valence-corrected chi connectivity index (χ2v) is 7.87. The van der Waals surface area contributed by atoms with Crippen LogP contribution in [-0.4, -0.2) is 47.6 Å². The van der Waals surface area contributed by atoms with Gasteiger partial charge in [0.25, 0.3) is 5.91 Å². The molecule has 2 heterocycles. The molecule has 160 valence electrons. The van der Waals surface area contributed by atoms with Gasteiger partial charge in [-0.1, -0.05) is 48.0 Å². The summed E-state index contributed by atoms with van der Waals surface area (Å²) in [4.78, 5) is 31.6. The van der Waals surface area contributed by atoms with Gasteiger partial charge in [-0.15, -0.1) is 0 Å². The summed E-state index contributed by atoms with van der Waals surface area (Å²) in [7, 11) is 0. The summed E-state index contributed by atoms with van der Waals surface area (Å²) >= 11 is 0. The van der Waals surface area contributed by atoms with Gasteiger partial charge in [0.2, 0.25) is 0 Å². The number of piperidine rings is 1. The number of nitrogens with one attached hydrogen (secondary N) is 1. The van der Waals surface area contributed by atoms with Crippen LogP contribution in [0.4, 0.5) is 4.79 Å². The number of amides is 2. The number of hydrogen-bond acceptors (Lipinski definition) is 4. The van der Waals surface area contributed by atoms with Crippen LogP contribution < -0.4 is 5.32 Å². The quantitative estimate of drug-likeness (QED) is 0.675. The number of fused-ring (bicyclic) bond motifs is 1. The van der Waals surface area contributed by atoms with Crippen LogP contribution >= 0.6 is 0 Å². The molecule has 1 aliphatic heterocycles. The Balaban J connectivity index is 1.55. The minimum Gasteiger partial charge on any atom is -0.450 e. The molecule has 1 saturated heterocycles. The Labute approximate surface area is 182 Å². The molecule has 0 bridgehead atoms. The van der Waals surface area contributed by atoms with Gasteiger partial charge in [-0.3, -0.25) is 4.79 Å². The second-order valence-electron chi connectivity index (χ2n) is 7.87. The van der Waals surface area contributed by atoms with Crippen LogP contribution in [0.25, 0.3) is 22.2 Å². The Kier molecular flexibility index (Phi) is 6.16. The maximum atomic E-state index is 13.2. The van der Waals surface area contributed by atoms with Crippen molar-refractivity contribution in [2.45, 2.75) is 32.7 Å². The normalized spacial score (nSPS) is 14.5. The van der Waals surface area contributed by atoms with E-state index in [2.05, 4.69) is 5.32 Å². The van der Waals surface area contributed by atoms with Crippen LogP contribution in [0.1, 0.15) is 35.7 Å². The summed E-state index contributed by atoms with van der Waals surface area (Å²) in [6.07, 6.45) is 1.13. The molecule has 0 atom stereocenters. The van der Waals surface area contributed by atoms with Crippen LogP contribution in [0, 0.1) is 6.92 Å². The second kappa shape index (κ2) is 9.16. The van der Waals surface area contributed by atoms with E-state index in [9.17, 15) is 9.59 Å². The molecule has 0 radical (unpaired) electrons. The Bertz CT molecular complexity index is 1090. The molecule has 0 spiro atoms. The molecule has 1 aromatic heterocycles. The number of carbonyl (C=O) groups is 2. The monoisotopic (exact) mass is 417 g/mol. The van der Waals surface area contributed by atoms with Crippen molar-refractivity contribution in [2.75, 3.05) is 19.7 Å². The van der Waals surface area contributed by atoms with Gasteiger partial charge in [-0.2, -0.15) is 0 Å². The SMILES string of the molecule is CCOC(=O)N1CCC(NC(=O)c2cc(-c3ccc(C)cc3)nc3ccccc23)CC1. The molecule has 1 fully saturated rings. The van der Waals surface area contributed by atoms with Gasteiger partial charge in [0.15, 0.2) is 0 Å². The zero-order valence-electron chi connectivity index (χ0n) is 17.9. The van der Waals surface area contributed by atoms with Crippen LogP contribution in [-0.2, 0) is 4.74 Å². The van der Waals surface area contributed by atoms with E-state index in [4.69, 9.17) is 9.72 Å². The van der Waals surface area contributed by atoms with Gasteiger partial charge in [0.05, 0.1) is 23.4 Å². The zero-order chi connectivity index (χ0) is 21.8. The van der Waals surface area contributed by atoms with Crippen molar-refractivity contribution in [3.63, 3.8) is 0 Å². The molecule has 2 aromatic carbocycles. The largest absolute Gasteiger partial charge is 0.450 e. The Morgan fingerprint density at radius 3 is 2.52 bits per heavy atom. The van der Waals surface area contributed by atoms with Crippen molar-refractivity contribution >= 4 is 22.9 Å². The predicted molar refractivity (Wildman–Crippen MR) is 121 cm³/mol. The van der Waals surface area contributed by atoms with Gasteiger partial charge < -0.3 is 15.0 Å². The van der Waals surface area contributed by atoms with E-state index in [-0.39, 0.29) is 18.0 Å². The lowest BCUT2D eigenvalue weighted by molar-refractivity contribution is 0.0861. The average molecular weight is 418 g/mol. The molecule has 2 amide bonds. The summed E-state index contributed by atoms with van der Waals surface area (Å²) in [5.74, 6) is -0.110. The molecule has 1 N–H and O–H groups in total. The van der Waals surface area contributed by atoms with Gasteiger partial charge in [0.1, 0.15) is 0 Å². The first-order valence-corrected chi connectivity index (χ1v) is 10.7. The molecule has 4 rings (SSSR count). The lowest BCUT2D eigenvalue weighted by atomic mass is 10.0. The number of hydrogen-bond donors (Lipinski definition) is 1. The van der Waals surface area contributed by atoms with E-state index in [1.165, 1.54) is 5.56 Å². The van der Waals surface area contributed by atoms with Gasteiger partial charge in [-0.25, -0.2) is 9.78 Å². The fraction of sp³-hybridized carbons (Fsp3) is 0.320. The van der Waals surface area contributed by atoms with Crippen molar-refractivity contribution in [3.05, 3.63) is 65.7 Å². The number of rotatable bonds is 4. The number of ether oxygens (including phenoxy) is 1. The number of nitrogens with zero attached hydrogens (tertiary/aromatic N) is 2. The minimum absolute atomic E-state index is 0.0212.